The molecule has 5 heteroatoms. The van der Waals surface area contributed by atoms with Crippen LogP contribution in [0.3, 0.4) is 0 Å². The molecule has 0 fully saturated rings. The summed E-state index contributed by atoms with van der Waals surface area (Å²) in [6, 6.07) is 10.3. The van der Waals surface area contributed by atoms with Crippen LogP contribution in [0.1, 0.15) is 16.7 Å². The average molecular weight is 438 g/mol. The van der Waals surface area contributed by atoms with Gasteiger partial charge in [0, 0.05) is 27.6 Å². The third-order valence-electron chi connectivity index (χ3n) is 4.10. The minimum absolute atomic E-state index is 0.728. The molecule has 1 aromatic heterocycles. The molecule has 0 radical (unpaired) electrons. The van der Waals surface area contributed by atoms with Crippen LogP contribution in [0.2, 0.25) is 5.02 Å². The number of nitrogens with zero attached hydrogens (tertiary/aromatic N) is 3. The Labute approximate surface area is 154 Å². The van der Waals surface area contributed by atoms with E-state index in [2.05, 4.69) is 69.5 Å². The van der Waals surface area contributed by atoms with E-state index in [0.29, 0.717) is 0 Å². The molecule has 0 aliphatic carbocycles. The second-order valence-corrected chi connectivity index (χ2v) is 6.82. The van der Waals surface area contributed by atoms with Gasteiger partial charge in [0.15, 0.2) is 0 Å². The number of anilines is 2. The number of aromatic nitrogens is 2. The topological polar surface area (TPSA) is 29.0 Å². The molecule has 0 amide bonds. The highest BCUT2D eigenvalue weighted by atomic mass is 127. The minimum atomic E-state index is 0.728. The Morgan fingerprint density at radius 3 is 2.57 bits per heavy atom. The summed E-state index contributed by atoms with van der Waals surface area (Å²) in [4.78, 5) is 11.0. The van der Waals surface area contributed by atoms with Gasteiger partial charge >= 0.3 is 0 Å². The highest BCUT2D eigenvalue weighted by molar-refractivity contribution is 14.1. The standard InChI is InChI=1S/C18H17ClIN3/c1-11-6-15-16(7-12(11)2)21-10-22-18(15)23(3)17-8-14(19)5-4-13(17)9-20/h4-8,10H,9H2,1-3H3. The maximum absolute atomic E-state index is 6.21. The number of fused-ring (bicyclic) bond motifs is 1. The van der Waals surface area contributed by atoms with Gasteiger partial charge in [0.1, 0.15) is 12.1 Å². The Balaban J connectivity index is 2.20. The summed E-state index contributed by atoms with van der Waals surface area (Å²) < 4.78 is 0.912. The van der Waals surface area contributed by atoms with Crippen molar-refractivity contribution in [2.24, 2.45) is 0 Å². The molecule has 0 unspecified atom stereocenters. The van der Waals surface area contributed by atoms with Crippen molar-refractivity contribution in [2.75, 3.05) is 11.9 Å². The second-order valence-electron chi connectivity index (χ2n) is 5.62. The van der Waals surface area contributed by atoms with Gasteiger partial charge in [-0.25, -0.2) is 9.97 Å². The normalized spacial score (nSPS) is 11.0. The first kappa shape index (κ1) is 16.5. The molecule has 0 atom stereocenters. The summed E-state index contributed by atoms with van der Waals surface area (Å²) in [7, 11) is 2.03. The highest BCUT2D eigenvalue weighted by Crippen LogP contribution is 2.34. The SMILES string of the molecule is Cc1cc2ncnc(N(C)c3cc(Cl)ccc3CI)c2cc1C. The Hall–Kier alpha value is -1.40. The molecular weight excluding hydrogens is 421 g/mol. The van der Waals surface area contributed by atoms with Crippen LogP contribution in [-0.4, -0.2) is 17.0 Å². The number of aryl methyl sites for hydroxylation is 2. The van der Waals surface area contributed by atoms with Crippen LogP contribution >= 0.6 is 34.2 Å². The zero-order valence-electron chi connectivity index (χ0n) is 13.3. The van der Waals surface area contributed by atoms with E-state index >= 15 is 0 Å². The van der Waals surface area contributed by atoms with Gasteiger partial charge in [-0.05, 0) is 54.8 Å². The first-order chi connectivity index (χ1) is 11.0. The molecule has 0 spiro atoms. The predicted octanol–water partition coefficient (Wildman–Crippen LogP) is 5.60. The van der Waals surface area contributed by atoms with Crippen molar-refractivity contribution in [2.45, 2.75) is 18.3 Å². The molecule has 118 valence electrons. The molecule has 0 aliphatic rings. The lowest BCUT2D eigenvalue weighted by atomic mass is 10.1. The monoisotopic (exact) mass is 437 g/mol. The van der Waals surface area contributed by atoms with E-state index < -0.39 is 0 Å². The fourth-order valence-corrected chi connectivity index (χ4v) is 3.46. The van der Waals surface area contributed by atoms with E-state index in [-0.39, 0.29) is 0 Å². The van der Waals surface area contributed by atoms with E-state index in [9.17, 15) is 0 Å². The van der Waals surface area contributed by atoms with Gasteiger partial charge in [-0.15, -0.1) is 0 Å². The zero-order chi connectivity index (χ0) is 16.6. The van der Waals surface area contributed by atoms with Crippen molar-refractivity contribution in [3.05, 3.63) is 58.4 Å². The van der Waals surface area contributed by atoms with Crippen LogP contribution < -0.4 is 4.90 Å². The molecule has 1 heterocycles. The van der Waals surface area contributed by atoms with Crippen molar-refractivity contribution in [3.63, 3.8) is 0 Å². The molecule has 3 rings (SSSR count). The minimum Gasteiger partial charge on any atom is -0.329 e. The smallest absolute Gasteiger partial charge is 0.144 e. The van der Waals surface area contributed by atoms with Gasteiger partial charge in [0.25, 0.3) is 0 Å². The van der Waals surface area contributed by atoms with Gasteiger partial charge < -0.3 is 4.90 Å². The molecule has 23 heavy (non-hydrogen) atoms. The number of halogens is 2. The average Bonchev–Trinajstić information content (AvgIpc) is 2.54. The number of benzene rings is 2. The summed E-state index contributed by atoms with van der Waals surface area (Å²) in [6.07, 6.45) is 1.62. The van der Waals surface area contributed by atoms with Gasteiger partial charge in [0.05, 0.1) is 5.52 Å². The lowest BCUT2D eigenvalue weighted by Gasteiger charge is -2.23. The van der Waals surface area contributed by atoms with Crippen LogP contribution in [-0.2, 0) is 4.43 Å². The molecule has 0 N–H and O–H groups in total. The third kappa shape index (κ3) is 3.15. The van der Waals surface area contributed by atoms with Crippen LogP contribution in [0, 0.1) is 13.8 Å². The predicted molar refractivity (Wildman–Crippen MR) is 106 cm³/mol. The summed E-state index contributed by atoms with van der Waals surface area (Å²) in [5.41, 5.74) is 5.74. The fourth-order valence-electron chi connectivity index (χ4n) is 2.65. The molecule has 3 nitrogen and oxygen atoms in total. The van der Waals surface area contributed by atoms with Crippen LogP contribution in [0.15, 0.2) is 36.7 Å². The van der Waals surface area contributed by atoms with Crippen molar-refractivity contribution >= 4 is 56.6 Å². The van der Waals surface area contributed by atoms with E-state index in [1.165, 1.54) is 16.7 Å². The quantitative estimate of drug-likeness (QED) is 0.394. The summed E-state index contributed by atoms with van der Waals surface area (Å²) in [5.74, 6) is 0.895. The zero-order valence-corrected chi connectivity index (χ0v) is 16.2. The maximum Gasteiger partial charge on any atom is 0.144 e. The van der Waals surface area contributed by atoms with E-state index in [1.807, 2.05) is 19.2 Å². The number of rotatable bonds is 3. The van der Waals surface area contributed by atoms with Gasteiger partial charge in [-0.3, -0.25) is 0 Å². The molecule has 0 saturated heterocycles. The van der Waals surface area contributed by atoms with Crippen LogP contribution in [0.5, 0.6) is 0 Å². The maximum atomic E-state index is 6.21. The summed E-state index contributed by atoms with van der Waals surface area (Å²) in [5, 5.41) is 1.78. The number of alkyl halides is 1. The van der Waals surface area contributed by atoms with Crippen molar-refractivity contribution in [3.8, 4) is 0 Å². The number of hydrogen-bond acceptors (Lipinski definition) is 3. The lowest BCUT2D eigenvalue weighted by Crippen LogP contribution is -2.14. The second kappa shape index (κ2) is 6.61. The summed E-state index contributed by atoms with van der Waals surface area (Å²) in [6.45, 7) is 4.21. The van der Waals surface area contributed by atoms with E-state index in [0.717, 1.165) is 31.9 Å². The van der Waals surface area contributed by atoms with E-state index in [4.69, 9.17) is 11.6 Å². The molecule has 0 saturated carbocycles. The van der Waals surface area contributed by atoms with Gasteiger partial charge in [-0.1, -0.05) is 40.3 Å². The molecular formula is C18H17ClIN3. The first-order valence-electron chi connectivity index (χ1n) is 7.31. The third-order valence-corrected chi connectivity index (χ3v) is 5.16. The Kier molecular flexibility index (Phi) is 4.73. The molecule has 2 aromatic carbocycles. The Morgan fingerprint density at radius 1 is 1.09 bits per heavy atom. The Bertz CT molecular complexity index is 880. The van der Waals surface area contributed by atoms with Crippen LogP contribution in [0.25, 0.3) is 10.9 Å². The van der Waals surface area contributed by atoms with Crippen molar-refractivity contribution in [1.82, 2.24) is 9.97 Å². The van der Waals surface area contributed by atoms with Crippen LogP contribution in [0.4, 0.5) is 11.5 Å². The molecule has 0 aliphatic heterocycles. The lowest BCUT2D eigenvalue weighted by molar-refractivity contribution is 1.10. The largest absolute Gasteiger partial charge is 0.329 e. The van der Waals surface area contributed by atoms with Gasteiger partial charge in [-0.2, -0.15) is 0 Å². The molecule has 0 bridgehead atoms. The highest BCUT2D eigenvalue weighted by Gasteiger charge is 2.14. The van der Waals surface area contributed by atoms with Crippen molar-refractivity contribution in [1.29, 1.82) is 0 Å². The first-order valence-corrected chi connectivity index (χ1v) is 9.21. The molecule has 3 aromatic rings. The van der Waals surface area contributed by atoms with Crippen molar-refractivity contribution < 1.29 is 0 Å². The van der Waals surface area contributed by atoms with E-state index in [1.54, 1.807) is 6.33 Å². The Morgan fingerprint density at radius 2 is 1.83 bits per heavy atom. The summed E-state index contributed by atoms with van der Waals surface area (Å²) >= 11 is 8.58. The van der Waals surface area contributed by atoms with Gasteiger partial charge in [0.2, 0.25) is 0 Å². The fraction of sp³-hybridized carbons (Fsp3) is 0.222. The number of hydrogen-bond donors (Lipinski definition) is 0.